The van der Waals surface area contributed by atoms with Crippen LogP contribution >= 0.6 is 7.82 Å². The van der Waals surface area contributed by atoms with Crippen molar-refractivity contribution in [1.82, 2.24) is 0 Å². The Kier molecular flexibility index (Phi) is 10.9. The third kappa shape index (κ3) is 8.66. The van der Waals surface area contributed by atoms with Crippen LogP contribution in [-0.2, 0) is 4.57 Å². The number of carbonyl (C=O) groups excluding carboxylic acids is 2. The Morgan fingerprint density at radius 2 is 0.886 bits per heavy atom. The van der Waals surface area contributed by atoms with Crippen LogP contribution in [0.3, 0.4) is 0 Å². The zero-order valence-electron chi connectivity index (χ0n) is 22.8. The summed E-state index contributed by atoms with van der Waals surface area (Å²) >= 11 is 0. The molecule has 6 N–H and O–H groups in total. The Bertz CT molecular complexity index is 1620. The predicted octanol–water partition coefficient (Wildman–Crippen LogP) is 1.64. The van der Waals surface area contributed by atoms with E-state index < -0.39 is 65.0 Å². The van der Waals surface area contributed by atoms with Gasteiger partial charge in [0, 0.05) is 24.3 Å². The van der Waals surface area contributed by atoms with E-state index in [0.29, 0.717) is 11.1 Å². The molecule has 44 heavy (non-hydrogen) atoms. The number of hydrogen-bond acceptors (Lipinski definition) is 12. The van der Waals surface area contributed by atoms with Crippen LogP contribution in [0.1, 0.15) is 31.8 Å². The Labute approximate surface area is 271 Å². The number of phosphoric ester groups is 1. The Balaban J connectivity index is 0.00000529. The Hall–Kier alpha value is -4.71. The first kappa shape index (κ1) is 33.8. The van der Waals surface area contributed by atoms with Crippen LogP contribution in [0.4, 0.5) is 0 Å². The van der Waals surface area contributed by atoms with Crippen molar-refractivity contribution in [3.05, 3.63) is 107 Å². The van der Waals surface area contributed by atoms with Crippen LogP contribution in [0.25, 0.3) is 12.2 Å². The molecule has 4 rings (SSSR count). The number of phosphoric acid groups is 1. The van der Waals surface area contributed by atoms with Gasteiger partial charge in [0.25, 0.3) is 0 Å². The van der Waals surface area contributed by atoms with Gasteiger partial charge in [-0.3, -0.25) is 9.59 Å². The normalized spacial score (nSPS) is 12.4. The molecule has 0 saturated carbocycles. The number of hydrogen-bond donors (Lipinski definition) is 6. The molecule has 12 nitrogen and oxygen atoms in total. The van der Waals surface area contributed by atoms with Crippen LogP contribution in [0, 0.1) is 0 Å². The molecule has 0 aliphatic heterocycles. The van der Waals surface area contributed by atoms with Crippen LogP contribution in [-0.4, -0.2) is 42.2 Å². The van der Waals surface area contributed by atoms with Gasteiger partial charge in [-0.25, -0.2) is 4.57 Å². The molecular formula is C30H22NaO12P. The maximum absolute atomic E-state index is 12.5. The van der Waals surface area contributed by atoms with E-state index in [1.807, 2.05) is 0 Å². The van der Waals surface area contributed by atoms with Crippen molar-refractivity contribution in [3.8, 4) is 46.0 Å². The fraction of sp³-hybridized carbons (Fsp3) is 0. The third-order valence-electron chi connectivity index (χ3n) is 5.71. The average molecular weight is 628 g/mol. The van der Waals surface area contributed by atoms with Gasteiger partial charge in [-0.05, 0) is 47.5 Å². The van der Waals surface area contributed by atoms with E-state index in [1.165, 1.54) is 60.7 Å². The molecule has 0 aliphatic rings. The van der Waals surface area contributed by atoms with E-state index in [-0.39, 0.29) is 41.1 Å². The van der Waals surface area contributed by atoms with Gasteiger partial charge in [0.15, 0.2) is 11.6 Å². The first-order valence-electron chi connectivity index (χ1n) is 12.2. The van der Waals surface area contributed by atoms with Gasteiger partial charge in [-0.2, -0.15) is 0 Å². The molecule has 0 unspecified atom stereocenters. The largest absolute Gasteiger partial charge is 1.00 e. The van der Waals surface area contributed by atoms with Gasteiger partial charge < -0.3 is 44.6 Å². The second kappa shape index (κ2) is 14.2. The van der Waals surface area contributed by atoms with Crippen molar-refractivity contribution in [2.24, 2.45) is 0 Å². The minimum Gasteiger partial charge on any atom is -0.736 e. The molecule has 0 saturated heterocycles. The van der Waals surface area contributed by atoms with Gasteiger partial charge in [0.2, 0.25) is 0 Å². The first-order chi connectivity index (χ1) is 20.3. The summed E-state index contributed by atoms with van der Waals surface area (Å²) in [6.07, 6.45) is 4.81. The SMILES string of the molecule is O=C(C=Cc1ccc(O)cc1)c1c(O)cc(OP(=O)([O-])Oc2cc(O)c(C(=O)C=Cc3ccc(O)cc3)c(O)c2)cc1O.[Na+]. The summed E-state index contributed by atoms with van der Waals surface area (Å²) in [5.74, 6) is -6.12. The molecule has 4 aromatic rings. The fourth-order valence-electron chi connectivity index (χ4n) is 3.74. The molecule has 0 amide bonds. The van der Waals surface area contributed by atoms with Gasteiger partial charge in [-0.15, -0.1) is 0 Å². The summed E-state index contributed by atoms with van der Waals surface area (Å²) in [7, 11) is -5.34. The van der Waals surface area contributed by atoms with Gasteiger partial charge in [0.1, 0.15) is 57.1 Å². The van der Waals surface area contributed by atoms with E-state index in [4.69, 9.17) is 9.05 Å². The number of ketones is 2. The van der Waals surface area contributed by atoms with Gasteiger partial charge >= 0.3 is 37.4 Å². The van der Waals surface area contributed by atoms with Crippen molar-refractivity contribution < 1.29 is 88.3 Å². The fourth-order valence-corrected chi connectivity index (χ4v) is 4.51. The number of carbonyl (C=O) groups is 2. The smallest absolute Gasteiger partial charge is 0.736 e. The van der Waals surface area contributed by atoms with Crippen molar-refractivity contribution in [1.29, 1.82) is 0 Å². The number of aromatic hydroxyl groups is 6. The monoisotopic (exact) mass is 628 g/mol. The van der Waals surface area contributed by atoms with E-state index in [1.54, 1.807) is 0 Å². The van der Waals surface area contributed by atoms with E-state index in [9.17, 15) is 49.7 Å². The maximum Gasteiger partial charge on any atom is 1.00 e. The van der Waals surface area contributed by atoms with Crippen molar-refractivity contribution in [3.63, 3.8) is 0 Å². The summed E-state index contributed by atoms with van der Waals surface area (Å²) in [5.41, 5.74) is -0.0127. The molecule has 4 aromatic carbocycles. The number of allylic oxidation sites excluding steroid dienone is 2. The molecular weight excluding hydrogens is 606 g/mol. The van der Waals surface area contributed by atoms with E-state index >= 15 is 0 Å². The molecule has 0 atom stereocenters. The second-order valence-electron chi connectivity index (χ2n) is 8.88. The van der Waals surface area contributed by atoms with Gasteiger partial charge in [-0.1, -0.05) is 36.4 Å². The van der Waals surface area contributed by atoms with Crippen LogP contribution in [0.15, 0.2) is 84.9 Å². The topological polar surface area (TPSA) is 214 Å². The zero-order valence-corrected chi connectivity index (χ0v) is 25.7. The van der Waals surface area contributed by atoms with E-state index in [0.717, 1.165) is 36.4 Å². The summed E-state index contributed by atoms with van der Waals surface area (Å²) in [5, 5.41) is 59.7. The van der Waals surface area contributed by atoms with Crippen molar-refractivity contribution >= 4 is 31.5 Å². The minimum atomic E-state index is -5.34. The third-order valence-corrected chi connectivity index (χ3v) is 6.58. The summed E-state index contributed by atoms with van der Waals surface area (Å²) < 4.78 is 22.0. The molecule has 220 valence electrons. The van der Waals surface area contributed by atoms with Crippen LogP contribution in [0.2, 0.25) is 0 Å². The maximum atomic E-state index is 12.5. The molecule has 0 aliphatic carbocycles. The number of rotatable bonds is 10. The summed E-state index contributed by atoms with van der Waals surface area (Å²) in [6, 6.07) is 14.6. The minimum absolute atomic E-state index is 0. The summed E-state index contributed by atoms with van der Waals surface area (Å²) in [6.45, 7) is 0. The number of phenols is 6. The molecule has 14 heteroatoms. The van der Waals surface area contributed by atoms with Crippen molar-refractivity contribution in [2.45, 2.75) is 0 Å². The quantitative estimate of drug-likeness (QED) is 0.0640. The van der Waals surface area contributed by atoms with Gasteiger partial charge in [0.05, 0.1) is 0 Å². The molecule has 0 aromatic heterocycles. The number of phenolic OH excluding ortho intramolecular Hbond substituents is 6. The zero-order chi connectivity index (χ0) is 31.3. The predicted molar refractivity (Wildman–Crippen MR) is 151 cm³/mol. The van der Waals surface area contributed by atoms with E-state index in [2.05, 4.69) is 0 Å². The van der Waals surface area contributed by atoms with Crippen LogP contribution in [0.5, 0.6) is 46.0 Å². The molecule has 0 radical (unpaired) electrons. The molecule has 0 fully saturated rings. The molecule has 0 heterocycles. The Morgan fingerprint density at radius 1 is 0.591 bits per heavy atom. The van der Waals surface area contributed by atoms with Crippen molar-refractivity contribution in [2.75, 3.05) is 0 Å². The molecule has 0 bridgehead atoms. The first-order valence-corrected chi connectivity index (χ1v) is 13.6. The molecule has 0 spiro atoms. The average Bonchev–Trinajstić information content (AvgIpc) is 2.91. The Morgan fingerprint density at radius 3 is 1.18 bits per heavy atom. The van der Waals surface area contributed by atoms with Crippen LogP contribution < -0.4 is 43.5 Å². The second-order valence-corrected chi connectivity index (χ2v) is 10.1. The number of benzene rings is 4. The standard InChI is InChI=1S/C30H23O12P.Na/c31-19-7-1-17(2-8-19)5-11-23(33)29-25(35)13-21(14-26(29)36)41-43(39,40)42-22-15-27(37)30(28(38)16-22)24(34)12-6-18-3-9-20(32)10-4-18;/h1-16,31-32,35-38H,(H,39,40);/q;+1/p-1. The summed E-state index contributed by atoms with van der Waals surface area (Å²) in [4.78, 5) is 37.5.